The predicted molar refractivity (Wildman–Crippen MR) is 52.0 cm³/mol. The van der Waals surface area contributed by atoms with E-state index in [2.05, 4.69) is 5.32 Å². The number of phenolic OH excluding ortho intramolecular Hbond substituents is 1. The number of rotatable bonds is 4. The van der Waals surface area contributed by atoms with Crippen LogP contribution in [0.3, 0.4) is 0 Å². The van der Waals surface area contributed by atoms with Crippen molar-refractivity contribution in [1.82, 2.24) is 5.32 Å². The van der Waals surface area contributed by atoms with Crippen molar-refractivity contribution >= 4 is 5.97 Å². The summed E-state index contributed by atoms with van der Waals surface area (Å²) < 4.78 is 0. The molecule has 0 fully saturated rings. The van der Waals surface area contributed by atoms with Gasteiger partial charge in [-0.2, -0.15) is 0 Å². The number of phenols is 1. The summed E-state index contributed by atoms with van der Waals surface area (Å²) in [5, 5.41) is 20.6. The van der Waals surface area contributed by atoms with E-state index < -0.39 is 12.0 Å². The lowest BCUT2D eigenvalue weighted by atomic mass is 10.2. The van der Waals surface area contributed by atoms with Gasteiger partial charge in [-0.1, -0.05) is 12.1 Å². The van der Waals surface area contributed by atoms with Crippen molar-refractivity contribution in [2.75, 3.05) is 0 Å². The zero-order valence-electron chi connectivity index (χ0n) is 7.90. The summed E-state index contributed by atoms with van der Waals surface area (Å²) in [5.41, 5.74) is 0.859. The van der Waals surface area contributed by atoms with Crippen molar-refractivity contribution in [2.24, 2.45) is 0 Å². The minimum absolute atomic E-state index is 0.187. The Balaban J connectivity index is 2.49. The molecule has 76 valence electrons. The summed E-state index contributed by atoms with van der Waals surface area (Å²) >= 11 is 0. The van der Waals surface area contributed by atoms with Gasteiger partial charge in [0.1, 0.15) is 11.8 Å². The molecule has 0 aliphatic heterocycles. The molecule has 0 amide bonds. The fourth-order valence-corrected chi connectivity index (χ4v) is 1.02. The first-order valence-corrected chi connectivity index (χ1v) is 4.33. The summed E-state index contributed by atoms with van der Waals surface area (Å²) in [5.74, 6) is -0.697. The maximum absolute atomic E-state index is 10.5. The molecule has 0 saturated carbocycles. The molecule has 0 unspecified atom stereocenters. The van der Waals surface area contributed by atoms with Crippen LogP contribution in [0.2, 0.25) is 0 Å². The van der Waals surface area contributed by atoms with Gasteiger partial charge in [0.05, 0.1) is 0 Å². The average Bonchev–Trinajstić information content (AvgIpc) is 2.14. The standard InChI is InChI=1S/C10H13NO3/c1-7(10(13)14)11-6-8-3-2-4-9(12)5-8/h2-5,7,11-12H,6H2,1H3,(H,13,14)/t7-/m1/s1. The van der Waals surface area contributed by atoms with Gasteiger partial charge < -0.3 is 15.5 Å². The molecule has 14 heavy (non-hydrogen) atoms. The molecule has 1 rings (SSSR count). The molecule has 0 aliphatic rings. The molecule has 1 aromatic rings. The van der Waals surface area contributed by atoms with Gasteiger partial charge in [-0.25, -0.2) is 0 Å². The third kappa shape index (κ3) is 3.06. The Labute approximate surface area is 82.2 Å². The highest BCUT2D eigenvalue weighted by molar-refractivity contribution is 5.72. The second-order valence-corrected chi connectivity index (χ2v) is 3.11. The Morgan fingerprint density at radius 1 is 1.57 bits per heavy atom. The Bertz CT molecular complexity index is 325. The molecule has 0 aliphatic carbocycles. The molecule has 3 N–H and O–H groups in total. The lowest BCUT2D eigenvalue weighted by Crippen LogP contribution is -2.33. The van der Waals surface area contributed by atoms with Crippen LogP contribution in [0.25, 0.3) is 0 Å². The number of aromatic hydroxyl groups is 1. The normalized spacial score (nSPS) is 12.4. The van der Waals surface area contributed by atoms with Gasteiger partial charge in [0, 0.05) is 6.54 Å². The Morgan fingerprint density at radius 3 is 2.86 bits per heavy atom. The highest BCUT2D eigenvalue weighted by Crippen LogP contribution is 2.10. The van der Waals surface area contributed by atoms with E-state index in [1.165, 1.54) is 0 Å². The zero-order chi connectivity index (χ0) is 10.6. The monoisotopic (exact) mass is 195 g/mol. The molecule has 1 atom stereocenters. The highest BCUT2D eigenvalue weighted by atomic mass is 16.4. The quantitative estimate of drug-likeness (QED) is 0.669. The summed E-state index contributed by atoms with van der Waals surface area (Å²) in [6, 6.07) is 6.13. The number of hydrogen-bond donors (Lipinski definition) is 3. The number of carbonyl (C=O) groups is 1. The number of nitrogens with one attached hydrogen (secondary N) is 1. The Kier molecular flexibility index (Phi) is 3.48. The molecule has 0 bridgehead atoms. The van der Waals surface area contributed by atoms with Crippen molar-refractivity contribution in [3.05, 3.63) is 29.8 Å². The summed E-state index contributed by atoms with van der Waals surface area (Å²) in [4.78, 5) is 10.5. The van der Waals surface area contributed by atoms with Crippen LogP contribution in [0.5, 0.6) is 5.75 Å². The number of aliphatic carboxylic acids is 1. The summed E-state index contributed by atoms with van der Waals surface area (Å²) in [7, 11) is 0. The van der Waals surface area contributed by atoms with Crippen LogP contribution in [0, 0.1) is 0 Å². The number of carboxylic acid groups (broad SMARTS) is 1. The molecule has 0 saturated heterocycles. The molecule has 0 heterocycles. The smallest absolute Gasteiger partial charge is 0.320 e. The molecule has 0 spiro atoms. The van der Waals surface area contributed by atoms with E-state index in [9.17, 15) is 4.79 Å². The van der Waals surface area contributed by atoms with Crippen LogP contribution in [0.15, 0.2) is 24.3 Å². The summed E-state index contributed by atoms with van der Waals surface area (Å²) in [6.45, 7) is 2.01. The summed E-state index contributed by atoms with van der Waals surface area (Å²) in [6.07, 6.45) is 0. The molecular formula is C10H13NO3. The second-order valence-electron chi connectivity index (χ2n) is 3.11. The molecule has 4 heteroatoms. The maximum atomic E-state index is 10.5. The molecule has 4 nitrogen and oxygen atoms in total. The minimum atomic E-state index is -0.884. The van der Waals surface area contributed by atoms with E-state index in [1.807, 2.05) is 6.07 Å². The van der Waals surface area contributed by atoms with Gasteiger partial charge in [-0.3, -0.25) is 4.79 Å². The predicted octanol–water partition coefficient (Wildman–Crippen LogP) is 0.955. The van der Waals surface area contributed by atoms with E-state index in [-0.39, 0.29) is 5.75 Å². The highest BCUT2D eigenvalue weighted by Gasteiger charge is 2.08. The van der Waals surface area contributed by atoms with Gasteiger partial charge in [-0.05, 0) is 24.6 Å². The third-order valence-corrected chi connectivity index (χ3v) is 1.89. The van der Waals surface area contributed by atoms with Crippen LogP contribution >= 0.6 is 0 Å². The number of benzene rings is 1. The topological polar surface area (TPSA) is 69.6 Å². The fourth-order valence-electron chi connectivity index (χ4n) is 1.02. The average molecular weight is 195 g/mol. The fraction of sp³-hybridized carbons (Fsp3) is 0.300. The van der Waals surface area contributed by atoms with Crippen molar-refractivity contribution < 1.29 is 15.0 Å². The first kappa shape index (κ1) is 10.5. The van der Waals surface area contributed by atoms with Crippen molar-refractivity contribution in [3.8, 4) is 5.75 Å². The third-order valence-electron chi connectivity index (χ3n) is 1.89. The van der Waals surface area contributed by atoms with E-state index in [0.717, 1.165) is 5.56 Å². The lowest BCUT2D eigenvalue weighted by molar-refractivity contribution is -0.139. The first-order valence-electron chi connectivity index (χ1n) is 4.33. The second kappa shape index (κ2) is 4.62. The number of hydrogen-bond acceptors (Lipinski definition) is 3. The van der Waals surface area contributed by atoms with Gasteiger partial charge in [0.2, 0.25) is 0 Å². The van der Waals surface area contributed by atoms with Crippen LogP contribution in [0.4, 0.5) is 0 Å². The lowest BCUT2D eigenvalue weighted by Gasteiger charge is -2.08. The first-order chi connectivity index (χ1) is 6.59. The van der Waals surface area contributed by atoms with Crippen LogP contribution in [-0.2, 0) is 11.3 Å². The SMILES string of the molecule is C[C@@H](NCc1cccc(O)c1)C(=O)O. The van der Waals surface area contributed by atoms with E-state index >= 15 is 0 Å². The number of carboxylic acids is 1. The van der Waals surface area contributed by atoms with Gasteiger partial charge in [-0.15, -0.1) is 0 Å². The van der Waals surface area contributed by atoms with E-state index in [1.54, 1.807) is 25.1 Å². The van der Waals surface area contributed by atoms with Gasteiger partial charge >= 0.3 is 5.97 Å². The van der Waals surface area contributed by atoms with Crippen LogP contribution < -0.4 is 5.32 Å². The Hall–Kier alpha value is -1.55. The van der Waals surface area contributed by atoms with Crippen LogP contribution in [0.1, 0.15) is 12.5 Å². The van der Waals surface area contributed by atoms with E-state index in [4.69, 9.17) is 10.2 Å². The molecule has 1 aromatic carbocycles. The van der Waals surface area contributed by atoms with Crippen molar-refractivity contribution in [2.45, 2.75) is 19.5 Å². The van der Waals surface area contributed by atoms with Crippen LogP contribution in [-0.4, -0.2) is 22.2 Å². The molecule has 0 aromatic heterocycles. The maximum Gasteiger partial charge on any atom is 0.320 e. The van der Waals surface area contributed by atoms with Crippen molar-refractivity contribution in [3.63, 3.8) is 0 Å². The van der Waals surface area contributed by atoms with Gasteiger partial charge in [0.25, 0.3) is 0 Å². The molecular weight excluding hydrogens is 182 g/mol. The molecule has 0 radical (unpaired) electrons. The van der Waals surface area contributed by atoms with Crippen molar-refractivity contribution in [1.29, 1.82) is 0 Å². The Morgan fingerprint density at radius 2 is 2.29 bits per heavy atom. The largest absolute Gasteiger partial charge is 0.508 e. The van der Waals surface area contributed by atoms with E-state index in [0.29, 0.717) is 6.54 Å². The zero-order valence-corrected chi connectivity index (χ0v) is 7.90. The van der Waals surface area contributed by atoms with Gasteiger partial charge in [0.15, 0.2) is 0 Å². The minimum Gasteiger partial charge on any atom is -0.508 e.